The highest BCUT2D eigenvalue weighted by Crippen LogP contribution is 2.39. The second-order valence-corrected chi connectivity index (χ2v) is 9.62. The Balaban J connectivity index is 1.54. The molecule has 1 aliphatic rings. The van der Waals surface area contributed by atoms with Crippen LogP contribution in [0, 0.1) is 0 Å². The number of hydrogen-bond acceptors (Lipinski definition) is 7. The molecule has 1 aliphatic heterocycles. The van der Waals surface area contributed by atoms with Crippen molar-refractivity contribution in [2.45, 2.75) is 13.5 Å². The zero-order chi connectivity index (χ0) is 26.4. The van der Waals surface area contributed by atoms with Crippen LogP contribution in [0.25, 0.3) is 6.08 Å². The Hall–Kier alpha value is -3.76. The van der Waals surface area contributed by atoms with Gasteiger partial charge >= 0.3 is 5.97 Å². The number of amides is 1. The minimum atomic E-state index is -0.999. The van der Waals surface area contributed by atoms with Crippen LogP contribution in [-0.2, 0) is 11.4 Å². The van der Waals surface area contributed by atoms with Crippen LogP contribution in [0.5, 0.6) is 17.2 Å². The van der Waals surface area contributed by atoms with Gasteiger partial charge in [0.1, 0.15) is 12.4 Å². The summed E-state index contributed by atoms with van der Waals surface area (Å²) in [6.45, 7) is 2.43. The van der Waals surface area contributed by atoms with Crippen LogP contribution in [0.4, 0.5) is 5.69 Å². The summed E-state index contributed by atoms with van der Waals surface area (Å²) in [5, 5.41) is 12.5. The van der Waals surface area contributed by atoms with Crippen LogP contribution in [0.1, 0.15) is 28.4 Å². The number of aliphatic imine (C=N–C) groups is 1. The first kappa shape index (κ1) is 26.3. The third-order valence-electron chi connectivity index (χ3n) is 5.14. The standard InChI is InChI=1S/C27H23BrN2O6S/c1-3-35-22-13-17(12-21(28)24(22)36-15-16-5-4-6-18(11-16)26(32)33)14-23-25(31)30-27(37-23)29-19-7-9-20(34-2)10-8-19/h4-14H,3,15H2,1-2H3,(H,32,33)(H,29,30,31)/b23-14+. The van der Waals surface area contributed by atoms with Crippen molar-refractivity contribution in [1.82, 2.24) is 5.32 Å². The molecule has 2 N–H and O–H groups in total. The molecular formula is C27H23BrN2O6S. The van der Waals surface area contributed by atoms with Crippen LogP contribution < -0.4 is 19.5 Å². The van der Waals surface area contributed by atoms with Crippen molar-refractivity contribution in [1.29, 1.82) is 0 Å². The fourth-order valence-electron chi connectivity index (χ4n) is 3.43. The first-order valence-electron chi connectivity index (χ1n) is 11.2. The van der Waals surface area contributed by atoms with E-state index >= 15 is 0 Å². The average Bonchev–Trinajstić information content (AvgIpc) is 3.22. The van der Waals surface area contributed by atoms with Crippen LogP contribution in [0.3, 0.4) is 0 Å². The van der Waals surface area contributed by atoms with Gasteiger partial charge in [0.15, 0.2) is 16.7 Å². The van der Waals surface area contributed by atoms with Crippen LogP contribution in [-0.4, -0.2) is 35.9 Å². The maximum absolute atomic E-state index is 12.6. The summed E-state index contributed by atoms with van der Waals surface area (Å²) < 4.78 is 17.6. The van der Waals surface area contributed by atoms with Gasteiger partial charge in [-0.25, -0.2) is 9.79 Å². The number of methoxy groups -OCH3 is 1. The third-order valence-corrected chi connectivity index (χ3v) is 6.64. The van der Waals surface area contributed by atoms with Crippen LogP contribution >= 0.6 is 27.7 Å². The van der Waals surface area contributed by atoms with E-state index in [1.54, 1.807) is 49.6 Å². The van der Waals surface area contributed by atoms with Crippen molar-refractivity contribution >= 4 is 56.5 Å². The Bertz CT molecular complexity index is 1390. The zero-order valence-corrected chi connectivity index (χ0v) is 22.4. The minimum Gasteiger partial charge on any atom is -0.497 e. The number of carboxylic acids is 1. The van der Waals surface area contributed by atoms with E-state index in [0.29, 0.717) is 43.9 Å². The number of amidine groups is 1. The summed E-state index contributed by atoms with van der Waals surface area (Å²) in [4.78, 5) is 28.8. The van der Waals surface area contributed by atoms with Crippen molar-refractivity contribution in [2.24, 2.45) is 4.99 Å². The Labute approximate surface area is 226 Å². The van der Waals surface area contributed by atoms with Gasteiger partial charge in [-0.2, -0.15) is 0 Å². The number of hydrogen-bond donors (Lipinski definition) is 2. The molecule has 8 nitrogen and oxygen atoms in total. The highest BCUT2D eigenvalue weighted by Gasteiger charge is 2.24. The van der Waals surface area contributed by atoms with Crippen LogP contribution in [0.2, 0.25) is 0 Å². The van der Waals surface area contributed by atoms with Gasteiger partial charge in [-0.3, -0.25) is 4.79 Å². The highest BCUT2D eigenvalue weighted by molar-refractivity contribution is 9.10. The molecule has 0 bridgehead atoms. The van der Waals surface area contributed by atoms with Gasteiger partial charge in [0.25, 0.3) is 5.91 Å². The molecule has 0 saturated carbocycles. The lowest BCUT2D eigenvalue weighted by molar-refractivity contribution is -0.115. The van der Waals surface area contributed by atoms with E-state index in [1.165, 1.54) is 17.8 Å². The number of nitrogens with one attached hydrogen (secondary N) is 1. The number of aromatic carboxylic acids is 1. The van der Waals surface area contributed by atoms with E-state index in [4.69, 9.17) is 14.2 Å². The maximum atomic E-state index is 12.6. The monoisotopic (exact) mass is 582 g/mol. The molecule has 3 aromatic carbocycles. The highest BCUT2D eigenvalue weighted by atomic mass is 79.9. The smallest absolute Gasteiger partial charge is 0.335 e. The van der Waals surface area contributed by atoms with Crippen LogP contribution in [0.15, 0.2) is 75.0 Å². The first-order valence-corrected chi connectivity index (χ1v) is 12.8. The summed E-state index contributed by atoms with van der Waals surface area (Å²) in [5.41, 5.74) is 2.33. The Morgan fingerprint density at radius 2 is 1.92 bits per heavy atom. The lowest BCUT2D eigenvalue weighted by Gasteiger charge is -2.15. The second kappa shape index (κ2) is 12.0. The predicted octanol–water partition coefficient (Wildman–Crippen LogP) is 6.03. The quantitative estimate of drug-likeness (QED) is 0.297. The summed E-state index contributed by atoms with van der Waals surface area (Å²) >= 11 is 4.78. The molecular weight excluding hydrogens is 560 g/mol. The number of halogens is 1. The number of benzene rings is 3. The molecule has 0 spiro atoms. The molecule has 1 amide bonds. The lowest BCUT2D eigenvalue weighted by Crippen LogP contribution is -2.19. The van der Waals surface area contributed by atoms with Gasteiger partial charge in [0.05, 0.1) is 34.3 Å². The van der Waals surface area contributed by atoms with E-state index in [2.05, 4.69) is 26.2 Å². The normalized spacial score (nSPS) is 15.1. The van der Waals surface area contributed by atoms with Crippen molar-refractivity contribution in [3.63, 3.8) is 0 Å². The fraction of sp³-hybridized carbons (Fsp3) is 0.148. The Morgan fingerprint density at radius 3 is 2.62 bits per heavy atom. The van der Waals surface area contributed by atoms with Gasteiger partial charge in [0.2, 0.25) is 0 Å². The molecule has 0 aromatic heterocycles. The molecule has 37 heavy (non-hydrogen) atoms. The van der Waals surface area contributed by atoms with E-state index in [1.807, 2.05) is 25.1 Å². The molecule has 0 aliphatic carbocycles. The second-order valence-electron chi connectivity index (χ2n) is 7.74. The van der Waals surface area contributed by atoms with Crippen molar-refractivity contribution < 1.29 is 28.9 Å². The molecule has 190 valence electrons. The number of carbonyl (C=O) groups is 2. The molecule has 0 radical (unpaired) electrons. The summed E-state index contributed by atoms with van der Waals surface area (Å²) in [7, 11) is 1.60. The zero-order valence-electron chi connectivity index (χ0n) is 20.0. The molecule has 0 atom stereocenters. The molecule has 1 fully saturated rings. The number of carboxylic acid groups (broad SMARTS) is 1. The summed E-state index contributed by atoms with van der Waals surface area (Å²) in [6, 6.07) is 17.4. The van der Waals surface area contributed by atoms with Gasteiger partial charge in [-0.15, -0.1) is 0 Å². The Morgan fingerprint density at radius 1 is 1.14 bits per heavy atom. The number of ether oxygens (including phenoxy) is 3. The Kier molecular flexibility index (Phi) is 8.52. The number of thioether (sulfide) groups is 1. The summed E-state index contributed by atoms with van der Waals surface area (Å²) in [5.74, 6) is 0.458. The maximum Gasteiger partial charge on any atom is 0.335 e. The predicted molar refractivity (Wildman–Crippen MR) is 147 cm³/mol. The van der Waals surface area contributed by atoms with E-state index < -0.39 is 5.97 Å². The largest absolute Gasteiger partial charge is 0.497 e. The first-order chi connectivity index (χ1) is 17.9. The number of nitrogens with zero attached hydrogens (tertiary/aromatic N) is 1. The minimum absolute atomic E-state index is 0.156. The SMILES string of the molecule is CCOc1cc(/C=C2/SC(=Nc3ccc(OC)cc3)NC2=O)cc(Br)c1OCc1cccc(C(=O)O)c1. The number of rotatable bonds is 9. The molecule has 3 aromatic rings. The molecule has 10 heteroatoms. The molecule has 1 saturated heterocycles. The van der Waals surface area contributed by atoms with Crippen molar-refractivity contribution in [3.05, 3.63) is 86.7 Å². The van der Waals surface area contributed by atoms with Gasteiger partial charge < -0.3 is 24.6 Å². The van der Waals surface area contributed by atoms with Gasteiger partial charge in [0, 0.05) is 0 Å². The molecule has 1 heterocycles. The van der Waals surface area contributed by atoms with E-state index in [0.717, 1.165) is 11.3 Å². The van der Waals surface area contributed by atoms with E-state index in [-0.39, 0.29) is 18.1 Å². The fourth-order valence-corrected chi connectivity index (χ4v) is 4.85. The van der Waals surface area contributed by atoms with Gasteiger partial charge in [-0.1, -0.05) is 12.1 Å². The molecule has 0 unspecified atom stereocenters. The third kappa shape index (κ3) is 6.72. The summed E-state index contributed by atoms with van der Waals surface area (Å²) in [6.07, 6.45) is 1.75. The number of carbonyl (C=O) groups excluding carboxylic acids is 1. The lowest BCUT2D eigenvalue weighted by atomic mass is 10.1. The topological polar surface area (TPSA) is 106 Å². The van der Waals surface area contributed by atoms with Gasteiger partial charge in [-0.05, 0) is 100 Å². The average molecular weight is 583 g/mol. The van der Waals surface area contributed by atoms with E-state index in [9.17, 15) is 14.7 Å². The van der Waals surface area contributed by atoms with Crippen molar-refractivity contribution in [2.75, 3.05) is 13.7 Å². The van der Waals surface area contributed by atoms with Crippen molar-refractivity contribution in [3.8, 4) is 17.2 Å². The molecule has 4 rings (SSSR count).